The Kier molecular flexibility index (Phi) is 7.84. The quantitative estimate of drug-likeness (QED) is 0.661. The summed E-state index contributed by atoms with van der Waals surface area (Å²) in [4.78, 5) is 2.18. The summed E-state index contributed by atoms with van der Waals surface area (Å²) in [5.74, 6) is 2.04. The molecule has 0 aromatic heterocycles. The standard InChI is InChI=1S/C15H26N2O3/c1-17(2)11-6-9-16-10-12-20-15-13(18-3)7-5-8-14(15)19-4/h5,7-8,16H,6,9-12H2,1-4H3. The lowest BCUT2D eigenvalue weighted by Gasteiger charge is -2.14. The van der Waals surface area contributed by atoms with Crippen molar-refractivity contribution >= 4 is 0 Å². The lowest BCUT2D eigenvalue weighted by molar-refractivity contribution is 0.272. The first kappa shape index (κ1) is 16.6. The fourth-order valence-electron chi connectivity index (χ4n) is 1.83. The van der Waals surface area contributed by atoms with Gasteiger partial charge in [0, 0.05) is 6.54 Å². The van der Waals surface area contributed by atoms with Crippen LogP contribution in [0.5, 0.6) is 17.2 Å². The molecule has 1 rings (SSSR count). The van der Waals surface area contributed by atoms with Crippen molar-refractivity contribution in [3.63, 3.8) is 0 Å². The van der Waals surface area contributed by atoms with Crippen LogP contribution < -0.4 is 19.5 Å². The Hall–Kier alpha value is -1.46. The summed E-state index contributed by atoms with van der Waals surface area (Å²) in [5.41, 5.74) is 0. The van der Waals surface area contributed by atoms with Crippen molar-refractivity contribution in [2.75, 3.05) is 54.6 Å². The van der Waals surface area contributed by atoms with Crippen LogP contribution in [0.15, 0.2) is 18.2 Å². The molecule has 1 aromatic carbocycles. The van der Waals surface area contributed by atoms with Gasteiger partial charge in [0.15, 0.2) is 11.5 Å². The predicted octanol–water partition coefficient (Wildman–Crippen LogP) is 1.62. The van der Waals surface area contributed by atoms with Crippen molar-refractivity contribution < 1.29 is 14.2 Å². The van der Waals surface area contributed by atoms with Gasteiger partial charge < -0.3 is 24.4 Å². The minimum atomic E-state index is 0.582. The normalized spacial score (nSPS) is 10.7. The van der Waals surface area contributed by atoms with Gasteiger partial charge in [0.25, 0.3) is 0 Å². The minimum absolute atomic E-state index is 0.582. The fraction of sp³-hybridized carbons (Fsp3) is 0.600. The van der Waals surface area contributed by atoms with Crippen LogP contribution in [0.4, 0.5) is 0 Å². The number of methoxy groups -OCH3 is 2. The Morgan fingerprint density at radius 1 is 1.05 bits per heavy atom. The third-order valence-corrected chi connectivity index (χ3v) is 2.87. The van der Waals surface area contributed by atoms with E-state index in [0.717, 1.165) is 26.1 Å². The molecule has 1 aromatic rings. The third kappa shape index (κ3) is 5.67. The molecule has 0 radical (unpaired) electrons. The highest BCUT2D eigenvalue weighted by atomic mass is 16.5. The number of para-hydroxylation sites is 1. The molecule has 5 heteroatoms. The Balaban J connectivity index is 2.31. The van der Waals surface area contributed by atoms with Crippen LogP contribution in [0.2, 0.25) is 0 Å². The Labute approximate surface area is 121 Å². The number of nitrogens with one attached hydrogen (secondary N) is 1. The molecule has 114 valence electrons. The monoisotopic (exact) mass is 282 g/mol. The van der Waals surface area contributed by atoms with E-state index in [0.29, 0.717) is 23.9 Å². The average molecular weight is 282 g/mol. The first-order chi connectivity index (χ1) is 9.69. The summed E-state index contributed by atoms with van der Waals surface area (Å²) < 4.78 is 16.3. The summed E-state index contributed by atoms with van der Waals surface area (Å²) in [5, 5.41) is 3.35. The van der Waals surface area contributed by atoms with Crippen molar-refractivity contribution in [3.8, 4) is 17.2 Å². The predicted molar refractivity (Wildman–Crippen MR) is 81.1 cm³/mol. The number of ether oxygens (including phenoxy) is 3. The molecule has 0 bridgehead atoms. The molecule has 1 N–H and O–H groups in total. The zero-order valence-corrected chi connectivity index (χ0v) is 12.9. The molecule has 0 atom stereocenters. The molecule has 0 spiro atoms. The molecule has 0 amide bonds. The Morgan fingerprint density at radius 3 is 2.25 bits per heavy atom. The lowest BCUT2D eigenvalue weighted by Crippen LogP contribution is -2.25. The van der Waals surface area contributed by atoms with Crippen LogP contribution in [-0.2, 0) is 0 Å². The highest BCUT2D eigenvalue weighted by Crippen LogP contribution is 2.36. The van der Waals surface area contributed by atoms with E-state index in [-0.39, 0.29) is 0 Å². The molecule has 0 saturated carbocycles. The van der Waals surface area contributed by atoms with Gasteiger partial charge in [0.1, 0.15) is 6.61 Å². The number of benzene rings is 1. The van der Waals surface area contributed by atoms with Crippen LogP contribution in [0.1, 0.15) is 6.42 Å². The molecule has 5 nitrogen and oxygen atoms in total. The highest BCUT2D eigenvalue weighted by molar-refractivity contribution is 5.51. The van der Waals surface area contributed by atoms with E-state index in [1.165, 1.54) is 0 Å². The van der Waals surface area contributed by atoms with Gasteiger partial charge in [-0.3, -0.25) is 0 Å². The van der Waals surface area contributed by atoms with E-state index >= 15 is 0 Å². The van der Waals surface area contributed by atoms with Crippen LogP contribution >= 0.6 is 0 Å². The summed E-state index contributed by atoms with van der Waals surface area (Å²) in [6.07, 6.45) is 1.13. The SMILES string of the molecule is COc1cccc(OC)c1OCCNCCCN(C)C. The van der Waals surface area contributed by atoms with E-state index in [1.807, 2.05) is 18.2 Å². The number of rotatable bonds is 10. The van der Waals surface area contributed by atoms with Crippen molar-refractivity contribution in [2.24, 2.45) is 0 Å². The summed E-state index contributed by atoms with van der Waals surface area (Å²) in [7, 11) is 7.41. The van der Waals surface area contributed by atoms with Crippen LogP contribution in [0, 0.1) is 0 Å². The summed E-state index contributed by atoms with van der Waals surface area (Å²) in [6, 6.07) is 5.61. The molecule has 0 aliphatic rings. The summed E-state index contributed by atoms with van der Waals surface area (Å²) >= 11 is 0. The van der Waals surface area contributed by atoms with E-state index in [2.05, 4.69) is 24.3 Å². The van der Waals surface area contributed by atoms with Crippen molar-refractivity contribution in [1.82, 2.24) is 10.2 Å². The van der Waals surface area contributed by atoms with Gasteiger partial charge in [-0.1, -0.05) is 6.07 Å². The maximum Gasteiger partial charge on any atom is 0.203 e. The second-order valence-electron chi connectivity index (χ2n) is 4.75. The van der Waals surface area contributed by atoms with Gasteiger partial charge in [-0.15, -0.1) is 0 Å². The minimum Gasteiger partial charge on any atom is -0.493 e. The van der Waals surface area contributed by atoms with Crippen LogP contribution in [0.3, 0.4) is 0 Å². The largest absolute Gasteiger partial charge is 0.493 e. The highest BCUT2D eigenvalue weighted by Gasteiger charge is 2.10. The van der Waals surface area contributed by atoms with Gasteiger partial charge in [0.05, 0.1) is 14.2 Å². The molecule has 0 aliphatic heterocycles. The van der Waals surface area contributed by atoms with Gasteiger partial charge in [-0.25, -0.2) is 0 Å². The third-order valence-electron chi connectivity index (χ3n) is 2.87. The van der Waals surface area contributed by atoms with Gasteiger partial charge in [0.2, 0.25) is 5.75 Å². The van der Waals surface area contributed by atoms with Crippen molar-refractivity contribution in [3.05, 3.63) is 18.2 Å². The molecule has 0 heterocycles. The number of hydrogen-bond acceptors (Lipinski definition) is 5. The summed E-state index contributed by atoms with van der Waals surface area (Å²) in [6.45, 7) is 3.46. The zero-order chi connectivity index (χ0) is 14.8. The van der Waals surface area contributed by atoms with Gasteiger partial charge >= 0.3 is 0 Å². The van der Waals surface area contributed by atoms with Gasteiger partial charge in [-0.05, 0) is 45.7 Å². The zero-order valence-electron chi connectivity index (χ0n) is 12.9. The van der Waals surface area contributed by atoms with E-state index < -0.39 is 0 Å². The first-order valence-corrected chi connectivity index (χ1v) is 6.88. The van der Waals surface area contributed by atoms with Crippen LogP contribution in [-0.4, -0.2) is 59.5 Å². The number of hydrogen-bond donors (Lipinski definition) is 1. The maximum atomic E-state index is 5.75. The lowest BCUT2D eigenvalue weighted by atomic mass is 10.3. The maximum absolute atomic E-state index is 5.75. The number of nitrogens with zero attached hydrogens (tertiary/aromatic N) is 1. The molecule has 0 aliphatic carbocycles. The molecule has 0 saturated heterocycles. The molecular weight excluding hydrogens is 256 g/mol. The van der Waals surface area contributed by atoms with Crippen molar-refractivity contribution in [2.45, 2.75) is 6.42 Å². The Bertz CT molecular complexity index is 361. The second kappa shape index (κ2) is 9.44. The van der Waals surface area contributed by atoms with E-state index in [4.69, 9.17) is 14.2 Å². The molecule has 0 fully saturated rings. The topological polar surface area (TPSA) is 43.0 Å². The first-order valence-electron chi connectivity index (χ1n) is 6.88. The van der Waals surface area contributed by atoms with Gasteiger partial charge in [-0.2, -0.15) is 0 Å². The fourth-order valence-corrected chi connectivity index (χ4v) is 1.83. The second-order valence-corrected chi connectivity index (χ2v) is 4.75. The van der Waals surface area contributed by atoms with E-state index in [9.17, 15) is 0 Å². The molecule has 20 heavy (non-hydrogen) atoms. The average Bonchev–Trinajstić information content (AvgIpc) is 2.45. The Morgan fingerprint density at radius 2 is 1.70 bits per heavy atom. The molecular formula is C15H26N2O3. The smallest absolute Gasteiger partial charge is 0.203 e. The van der Waals surface area contributed by atoms with Crippen LogP contribution in [0.25, 0.3) is 0 Å². The molecule has 0 unspecified atom stereocenters. The van der Waals surface area contributed by atoms with E-state index in [1.54, 1.807) is 14.2 Å². The van der Waals surface area contributed by atoms with Crippen molar-refractivity contribution in [1.29, 1.82) is 0 Å².